The van der Waals surface area contributed by atoms with Crippen molar-refractivity contribution >= 4 is 21.4 Å². The third-order valence-corrected chi connectivity index (χ3v) is 5.28. The monoisotopic (exact) mass is 297 g/mol. The number of sulfonamides is 1. The Bertz CT molecular complexity index is 635. The number of thiophene rings is 1. The second-order valence-corrected chi connectivity index (χ2v) is 6.86. The van der Waals surface area contributed by atoms with Crippen molar-refractivity contribution in [3.8, 4) is 0 Å². The van der Waals surface area contributed by atoms with Crippen LogP contribution in [0.4, 0.5) is 0 Å². The van der Waals surface area contributed by atoms with E-state index >= 15 is 0 Å². The molecule has 0 saturated heterocycles. The van der Waals surface area contributed by atoms with Crippen LogP contribution >= 0.6 is 11.3 Å². The molecule has 0 unspecified atom stereocenters. The summed E-state index contributed by atoms with van der Waals surface area (Å²) in [7, 11) is -3.56. The number of hydrogen-bond acceptors (Lipinski definition) is 4. The maximum Gasteiger partial charge on any atom is 0.240 e. The average Bonchev–Trinajstić information content (AvgIpc) is 2.83. The fourth-order valence-electron chi connectivity index (χ4n) is 1.69. The maximum absolute atomic E-state index is 12.0. The highest BCUT2D eigenvalue weighted by molar-refractivity contribution is 7.89. The minimum absolute atomic E-state index is 0.0292. The summed E-state index contributed by atoms with van der Waals surface area (Å²) in [6.45, 7) is 1.86. The summed E-state index contributed by atoms with van der Waals surface area (Å²) in [6.07, 6.45) is -0.821. The summed E-state index contributed by atoms with van der Waals surface area (Å²) >= 11 is 1.42. The van der Waals surface area contributed by atoms with E-state index in [2.05, 4.69) is 4.72 Å². The minimum atomic E-state index is -3.56. The van der Waals surface area contributed by atoms with Crippen molar-refractivity contribution < 1.29 is 13.5 Å². The Labute approximate surface area is 116 Å². The van der Waals surface area contributed by atoms with Crippen LogP contribution in [0.3, 0.4) is 0 Å². The molecule has 2 aromatic rings. The maximum atomic E-state index is 12.0. The second-order valence-electron chi connectivity index (χ2n) is 4.15. The van der Waals surface area contributed by atoms with E-state index in [9.17, 15) is 13.5 Å². The molecule has 0 radical (unpaired) electrons. The zero-order valence-corrected chi connectivity index (χ0v) is 12.0. The van der Waals surface area contributed by atoms with Gasteiger partial charge in [0, 0.05) is 11.4 Å². The summed E-state index contributed by atoms with van der Waals surface area (Å²) in [5, 5.41) is 11.9. The highest BCUT2D eigenvalue weighted by atomic mass is 32.2. The van der Waals surface area contributed by atoms with Crippen molar-refractivity contribution in [2.75, 3.05) is 6.54 Å². The van der Waals surface area contributed by atoms with Gasteiger partial charge in [-0.1, -0.05) is 18.2 Å². The molecule has 6 heteroatoms. The van der Waals surface area contributed by atoms with Crippen molar-refractivity contribution in [3.63, 3.8) is 0 Å². The molecule has 19 heavy (non-hydrogen) atoms. The average molecular weight is 297 g/mol. The van der Waals surface area contributed by atoms with Crippen LogP contribution in [0.5, 0.6) is 0 Å². The Balaban J connectivity index is 2.05. The topological polar surface area (TPSA) is 66.4 Å². The molecule has 1 aromatic carbocycles. The number of hydrogen-bond donors (Lipinski definition) is 2. The third-order valence-electron chi connectivity index (χ3n) is 2.72. The molecule has 0 bridgehead atoms. The van der Waals surface area contributed by atoms with E-state index in [0.29, 0.717) is 0 Å². The molecule has 2 N–H and O–H groups in total. The molecule has 0 spiro atoms. The van der Waals surface area contributed by atoms with Gasteiger partial charge in [0.25, 0.3) is 0 Å². The van der Waals surface area contributed by atoms with E-state index in [1.807, 2.05) is 18.4 Å². The molecular formula is C13H15NO3S2. The van der Waals surface area contributed by atoms with Crippen LogP contribution in [0, 0.1) is 6.92 Å². The van der Waals surface area contributed by atoms with E-state index in [-0.39, 0.29) is 11.4 Å². The van der Waals surface area contributed by atoms with E-state index < -0.39 is 16.1 Å². The molecule has 4 nitrogen and oxygen atoms in total. The van der Waals surface area contributed by atoms with Crippen LogP contribution in [-0.2, 0) is 10.0 Å². The zero-order valence-electron chi connectivity index (χ0n) is 10.4. The number of nitrogens with one attached hydrogen (secondary N) is 1. The van der Waals surface area contributed by atoms with Crippen LogP contribution < -0.4 is 4.72 Å². The number of benzene rings is 1. The lowest BCUT2D eigenvalue weighted by Gasteiger charge is -2.12. The van der Waals surface area contributed by atoms with Gasteiger partial charge in [0.15, 0.2) is 0 Å². The van der Waals surface area contributed by atoms with Gasteiger partial charge in [-0.15, -0.1) is 11.3 Å². The molecule has 0 aliphatic rings. The first-order valence-electron chi connectivity index (χ1n) is 5.77. The van der Waals surface area contributed by atoms with Crippen molar-refractivity contribution in [1.82, 2.24) is 4.72 Å². The molecule has 1 heterocycles. The first-order valence-corrected chi connectivity index (χ1v) is 8.14. The highest BCUT2D eigenvalue weighted by Crippen LogP contribution is 2.23. The second kappa shape index (κ2) is 5.83. The van der Waals surface area contributed by atoms with Crippen molar-refractivity contribution in [1.29, 1.82) is 0 Å². The summed E-state index contributed by atoms with van der Waals surface area (Å²) < 4.78 is 26.4. The lowest BCUT2D eigenvalue weighted by atomic mass is 10.2. The predicted molar refractivity (Wildman–Crippen MR) is 75.6 cm³/mol. The van der Waals surface area contributed by atoms with Gasteiger partial charge in [0.1, 0.15) is 6.10 Å². The first kappa shape index (κ1) is 14.2. The van der Waals surface area contributed by atoms with Gasteiger partial charge < -0.3 is 5.11 Å². The SMILES string of the molecule is Cc1ccsc1[C@@H](O)CNS(=O)(=O)c1ccccc1. The van der Waals surface area contributed by atoms with Gasteiger partial charge in [-0.2, -0.15) is 0 Å². The van der Waals surface area contributed by atoms with Gasteiger partial charge in [0.05, 0.1) is 4.90 Å². The Morgan fingerprint density at radius 3 is 2.53 bits per heavy atom. The fourth-order valence-corrected chi connectivity index (χ4v) is 3.66. The number of rotatable bonds is 5. The van der Waals surface area contributed by atoms with Crippen molar-refractivity contribution in [2.45, 2.75) is 17.9 Å². The number of aryl methyl sites for hydroxylation is 1. The van der Waals surface area contributed by atoms with E-state index in [1.165, 1.54) is 23.5 Å². The summed E-state index contributed by atoms with van der Waals surface area (Å²) in [5.41, 5.74) is 0.969. The Morgan fingerprint density at radius 1 is 1.26 bits per heavy atom. The smallest absolute Gasteiger partial charge is 0.240 e. The summed E-state index contributed by atoms with van der Waals surface area (Å²) in [4.78, 5) is 0.987. The lowest BCUT2D eigenvalue weighted by molar-refractivity contribution is 0.185. The summed E-state index contributed by atoms with van der Waals surface area (Å²) in [5.74, 6) is 0. The van der Waals surface area contributed by atoms with Crippen LogP contribution in [0.25, 0.3) is 0 Å². The van der Waals surface area contributed by atoms with E-state index in [4.69, 9.17) is 0 Å². The van der Waals surface area contributed by atoms with Crippen molar-refractivity contribution in [2.24, 2.45) is 0 Å². The van der Waals surface area contributed by atoms with E-state index in [0.717, 1.165) is 10.4 Å². The van der Waals surface area contributed by atoms with Crippen LogP contribution in [0.1, 0.15) is 16.5 Å². The van der Waals surface area contributed by atoms with Crippen molar-refractivity contribution in [3.05, 3.63) is 52.2 Å². The zero-order chi connectivity index (χ0) is 13.9. The summed E-state index contributed by atoms with van der Waals surface area (Å²) in [6, 6.07) is 10.0. The fraction of sp³-hybridized carbons (Fsp3) is 0.231. The standard InChI is InChI=1S/C13H15NO3S2/c1-10-7-8-18-13(10)12(15)9-14-19(16,17)11-5-3-2-4-6-11/h2-8,12,14-15H,9H2,1H3/t12-/m0/s1. The Morgan fingerprint density at radius 2 is 1.95 bits per heavy atom. The van der Waals surface area contributed by atoms with Gasteiger partial charge in [-0.3, -0.25) is 0 Å². The molecule has 1 aromatic heterocycles. The molecule has 0 saturated carbocycles. The van der Waals surface area contributed by atoms with Crippen LogP contribution in [0.2, 0.25) is 0 Å². The molecule has 102 valence electrons. The molecule has 0 aliphatic heterocycles. The van der Waals surface area contributed by atoms with Crippen LogP contribution in [0.15, 0.2) is 46.7 Å². The normalized spacial score (nSPS) is 13.4. The minimum Gasteiger partial charge on any atom is -0.386 e. The van der Waals surface area contributed by atoms with Gasteiger partial charge >= 0.3 is 0 Å². The third kappa shape index (κ3) is 3.42. The first-order chi connectivity index (χ1) is 9.00. The lowest BCUT2D eigenvalue weighted by Crippen LogP contribution is -2.28. The molecule has 0 fully saturated rings. The largest absolute Gasteiger partial charge is 0.386 e. The highest BCUT2D eigenvalue weighted by Gasteiger charge is 2.17. The van der Waals surface area contributed by atoms with Gasteiger partial charge in [0.2, 0.25) is 10.0 Å². The van der Waals surface area contributed by atoms with Gasteiger partial charge in [-0.05, 0) is 36.1 Å². The van der Waals surface area contributed by atoms with Crippen LogP contribution in [-0.4, -0.2) is 20.1 Å². The Kier molecular flexibility index (Phi) is 4.36. The van der Waals surface area contributed by atoms with Gasteiger partial charge in [-0.25, -0.2) is 13.1 Å². The van der Waals surface area contributed by atoms with E-state index in [1.54, 1.807) is 18.2 Å². The molecule has 2 rings (SSSR count). The number of aliphatic hydroxyl groups excluding tert-OH is 1. The predicted octanol–water partition coefficient (Wildman–Crippen LogP) is 2.07. The Hall–Kier alpha value is -1.21. The molecule has 1 atom stereocenters. The quantitative estimate of drug-likeness (QED) is 0.888. The molecular weight excluding hydrogens is 282 g/mol. The molecule has 0 amide bonds. The number of aliphatic hydroxyl groups is 1. The molecule has 0 aliphatic carbocycles.